The first-order valence-corrected chi connectivity index (χ1v) is 6.75. The van der Waals surface area contributed by atoms with Crippen molar-refractivity contribution in [1.82, 2.24) is 5.32 Å². The molecule has 1 nitrogen and oxygen atoms in total. The molecule has 0 saturated carbocycles. The molecule has 19 heavy (non-hydrogen) atoms. The Bertz CT molecular complexity index is 546. The molecule has 0 aliphatic heterocycles. The molecule has 1 atom stereocenters. The van der Waals surface area contributed by atoms with Crippen molar-refractivity contribution in [2.45, 2.75) is 13.0 Å². The monoisotopic (exact) mass is 267 g/mol. The van der Waals surface area contributed by atoms with Crippen molar-refractivity contribution < 1.29 is 0 Å². The van der Waals surface area contributed by atoms with Crippen molar-refractivity contribution in [2.24, 2.45) is 0 Å². The van der Waals surface area contributed by atoms with Crippen LogP contribution in [0.15, 0.2) is 66.7 Å². The normalized spacial score (nSPS) is 12.3. The maximum atomic E-state index is 5.33. The molecule has 0 fully saturated rings. The number of rotatable bonds is 4. The van der Waals surface area contributed by atoms with Crippen LogP contribution in [0.2, 0.25) is 0 Å². The minimum atomic E-state index is 0.217. The molecule has 0 radical (unpaired) electrons. The van der Waals surface area contributed by atoms with Crippen LogP contribution in [0.25, 0.3) is 6.08 Å². The molecule has 2 aromatic carbocycles. The van der Waals surface area contributed by atoms with E-state index in [1.54, 1.807) is 0 Å². The summed E-state index contributed by atoms with van der Waals surface area (Å²) >= 11 is 5.33. The van der Waals surface area contributed by atoms with Crippen LogP contribution in [0, 0.1) is 0 Å². The lowest BCUT2D eigenvalue weighted by Gasteiger charge is -2.14. The molecule has 0 aliphatic carbocycles. The standard InChI is InChI=1S/C17H17NS/c1-14(16-10-6-3-7-11-16)18-17(19)13-12-15-8-4-2-5-9-15/h2-14H,1H3,(H,18,19)/b13-12-/t14-/m1/s1. The van der Waals surface area contributed by atoms with Crippen molar-refractivity contribution >= 4 is 23.3 Å². The van der Waals surface area contributed by atoms with Gasteiger partial charge in [0, 0.05) is 6.04 Å². The molecule has 2 heteroatoms. The van der Waals surface area contributed by atoms with E-state index in [1.807, 2.05) is 48.6 Å². The molecular formula is C17H17NS. The van der Waals surface area contributed by atoms with Crippen LogP contribution < -0.4 is 5.32 Å². The first-order chi connectivity index (χ1) is 9.25. The SMILES string of the molecule is C[C@@H](NC(=S)/C=C\c1ccccc1)c1ccccc1. The fourth-order valence-electron chi connectivity index (χ4n) is 1.82. The minimum Gasteiger partial charge on any atom is -0.370 e. The zero-order valence-electron chi connectivity index (χ0n) is 10.9. The Balaban J connectivity index is 1.93. The molecule has 1 N–H and O–H groups in total. The van der Waals surface area contributed by atoms with Crippen molar-refractivity contribution in [2.75, 3.05) is 0 Å². The highest BCUT2D eigenvalue weighted by Gasteiger charge is 2.03. The average molecular weight is 267 g/mol. The average Bonchev–Trinajstić information content (AvgIpc) is 2.47. The fraction of sp³-hybridized carbons (Fsp3) is 0.118. The summed E-state index contributed by atoms with van der Waals surface area (Å²) < 4.78 is 0. The van der Waals surface area contributed by atoms with Gasteiger partial charge in [0.1, 0.15) is 0 Å². The summed E-state index contributed by atoms with van der Waals surface area (Å²) in [6.45, 7) is 2.11. The third-order valence-corrected chi connectivity index (χ3v) is 3.14. The Kier molecular flexibility index (Phi) is 4.87. The summed E-state index contributed by atoms with van der Waals surface area (Å²) in [5.41, 5.74) is 2.39. The van der Waals surface area contributed by atoms with E-state index >= 15 is 0 Å². The molecule has 2 aromatic rings. The van der Waals surface area contributed by atoms with Gasteiger partial charge in [-0.05, 0) is 24.1 Å². The molecule has 0 heterocycles. The first kappa shape index (κ1) is 13.5. The summed E-state index contributed by atoms with van der Waals surface area (Å²) in [6.07, 6.45) is 3.96. The number of nitrogens with one attached hydrogen (secondary N) is 1. The van der Waals surface area contributed by atoms with Crippen LogP contribution in [0.3, 0.4) is 0 Å². The van der Waals surface area contributed by atoms with Gasteiger partial charge in [-0.3, -0.25) is 0 Å². The molecule has 0 bridgehead atoms. The van der Waals surface area contributed by atoms with Crippen LogP contribution >= 0.6 is 12.2 Å². The first-order valence-electron chi connectivity index (χ1n) is 6.34. The van der Waals surface area contributed by atoms with E-state index in [0.717, 1.165) is 10.6 Å². The Labute approximate surface area is 120 Å². The van der Waals surface area contributed by atoms with E-state index in [9.17, 15) is 0 Å². The van der Waals surface area contributed by atoms with E-state index in [0.29, 0.717) is 0 Å². The highest BCUT2D eigenvalue weighted by atomic mass is 32.1. The van der Waals surface area contributed by atoms with Gasteiger partial charge in [0.15, 0.2) is 0 Å². The highest BCUT2D eigenvalue weighted by Crippen LogP contribution is 2.11. The van der Waals surface area contributed by atoms with E-state index < -0.39 is 0 Å². The van der Waals surface area contributed by atoms with Gasteiger partial charge in [0.2, 0.25) is 0 Å². The van der Waals surface area contributed by atoms with Gasteiger partial charge >= 0.3 is 0 Å². The quantitative estimate of drug-likeness (QED) is 0.652. The second-order valence-corrected chi connectivity index (χ2v) is 4.82. The summed E-state index contributed by atoms with van der Waals surface area (Å²) in [5, 5.41) is 3.31. The molecule has 2 rings (SSSR count). The maximum absolute atomic E-state index is 5.33. The van der Waals surface area contributed by atoms with Gasteiger partial charge in [0.25, 0.3) is 0 Å². The van der Waals surface area contributed by atoms with E-state index in [4.69, 9.17) is 12.2 Å². The van der Waals surface area contributed by atoms with E-state index in [2.05, 4.69) is 36.5 Å². The van der Waals surface area contributed by atoms with Crippen molar-refractivity contribution in [3.05, 3.63) is 77.9 Å². The molecule has 0 aromatic heterocycles. The largest absolute Gasteiger partial charge is 0.370 e. The summed E-state index contributed by atoms with van der Waals surface area (Å²) in [4.78, 5) is 0.750. The molecule has 0 spiro atoms. The Hall–Kier alpha value is -1.93. The van der Waals surface area contributed by atoms with Crippen molar-refractivity contribution in [3.8, 4) is 0 Å². The summed E-state index contributed by atoms with van der Waals surface area (Å²) in [6, 6.07) is 20.7. The van der Waals surface area contributed by atoms with Gasteiger partial charge in [0.05, 0.1) is 4.99 Å². The predicted molar refractivity (Wildman–Crippen MR) is 86.1 cm³/mol. The predicted octanol–water partition coefficient (Wildman–Crippen LogP) is 4.38. The Morgan fingerprint density at radius 1 is 1.00 bits per heavy atom. The van der Waals surface area contributed by atoms with Crippen LogP contribution in [0.4, 0.5) is 0 Å². The lowest BCUT2D eigenvalue weighted by molar-refractivity contribution is 0.726. The van der Waals surface area contributed by atoms with Crippen LogP contribution in [0.5, 0.6) is 0 Å². The maximum Gasteiger partial charge on any atom is 0.0992 e. The molecule has 0 aliphatic rings. The van der Waals surface area contributed by atoms with Gasteiger partial charge in [-0.15, -0.1) is 0 Å². The second-order valence-electron chi connectivity index (χ2n) is 4.38. The lowest BCUT2D eigenvalue weighted by Crippen LogP contribution is -2.23. The molecule has 0 saturated heterocycles. The van der Waals surface area contributed by atoms with E-state index in [-0.39, 0.29) is 6.04 Å². The van der Waals surface area contributed by atoms with Gasteiger partial charge in [-0.2, -0.15) is 0 Å². The zero-order chi connectivity index (χ0) is 13.5. The van der Waals surface area contributed by atoms with Crippen LogP contribution in [0.1, 0.15) is 24.1 Å². The van der Waals surface area contributed by atoms with Crippen LogP contribution in [-0.2, 0) is 0 Å². The topological polar surface area (TPSA) is 12.0 Å². The van der Waals surface area contributed by atoms with Gasteiger partial charge in [-0.25, -0.2) is 0 Å². The smallest absolute Gasteiger partial charge is 0.0992 e. The summed E-state index contributed by atoms with van der Waals surface area (Å²) in [5.74, 6) is 0. The molecular weight excluding hydrogens is 250 g/mol. The minimum absolute atomic E-state index is 0.217. The third-order valence-electron chi connectivity index (χ3n) is 2.89. The van der Waals surface area contributed by atoms with Gasteiger partial charge < -0.3 is 5.32 Å². The second kappa shape index (κ2) is 6.86. The molecule has 0 unspecified atom stereocenters. The zero-order valence-corrected chi connectivity index (χ0v) is 11.7. The lowest BCUT2D eigenvalue weighted by atomic mass is 10.1. The highest BCUT2D eigenvalue weighted by molar-refractivity contribution is 7.80. The molecule has 0 amide bonds. The molecule has 96 valence electrons. The van der Waals surface area contributed by atoms with Crippen molar-refractivity contribution in [1.29, 1.82) is 0 Å². The van der Waals surface area contributed by atoms with Gasteiger partial charge in [-0.1, -0.05) is 79.0 Å². The number of benzene rings is 2. The van der Waals surface area contributed by atoms with Crippen LogP contribution in [-0.4, -0.2) is 4.99 Å². The Morgan fingerprint density at radius 3 is 2.21 bits per heavy atom. The number of hydrogen-bond acceptors (Lipinski definition) is 1. The summed E-state index contributed by atoms with van der Waals surface area (Å²) in [7, 11) is 0. The van der Waals surface area contributed by atoms with Crippen molar-refractivity contribution in [3.63, 3.8) is 0 Å². The van der Waals surface area contributed by atoms with E-state index in [1.165, 1.54) is 5.56 Å². The Morgan fingerprint density at radius 2 is 1.58 bits per heavy atom. The number of thiocarbonyl (C=S) groups is 1. The third kappa shape index (κ3) is 4.34. The fourth-order valence-corrected chi connectivity index (χ4v) is 2.07. The number of hydrogen-bond donors (Lipinski definition) is 1.